The maximum absolute atomic E-state index is 9.53. The Hall–Kier alpha value is 0.198. The van der Waals surface area contributed by atoms with Gasteiger partial charge in [0.25, 0.3) is 0 Å². The Kier molecular flexibility index (Phi) is 4.73. The smallest absolute Gasteiger partial charge is 0.344 e. The monoisotopic (exact) mass is 173 g/mol. The van der Waals surface area contributed by atoms with E-state index < -0.39 is 14.5 Å². The van der Waals surface area contributed by atoms with E-state index in [0.717, 1.165) is 7.11 Å². The topological polar surface area (TPSA) is 102 Å². The molecule has 7 heavy (non-hydrogen) atoms. The summed E-state index contributed by atoms with van der Waals surface area (Å²) in [4.78, 5) is 0. The molecule has 0 aliphatic carbocycles. The molecule has 5 N–H and O–H groups in total. The molecule has 0 aromatic carbocycles. The predicted octanol–water partition coefficient (Wildman–Crippen LogP) is -1.35. The molecule has 0 aliphatic rings. The molecule has 0 bridgehead atoms. The second kappa shape index (κ2) is 3.23. The molecule has 0 aromatic heterocycles. The third kappa shape index (κ3) is 10.7. The van der Waals surface area contributed by atoms with Gasteiger partial charge in [0, 0.05) is 0 Å². The van der Waals surface area contributed by atoms with Crippen LogP contribution in [0.4, 0.5) is 0 Å². The third-order valence-electron chi connectivity index (χ3n) is 0.238. The first-order valence-electron chi connectivity index (χ1n) is 1.17. The molecule has 0 spiro atoms. The minimum atomic E-state index is -4.66. The summed E-state index contributed by atoms with van der Waals surface area (Å²) >= 11 is -4.66. The normalized spacial score (nSPS) is 10.1. The largest absolute Gasteiger partial charge is 0.344 e. The zero-order valence-corrected chi connectivity index (χ0v) is 5.74. The quantitative estimate of drug-likeness (QED) is 0.425. The molecule has 0 aliphatic heterocycles. The Balaban J connectivity index is 0. The molecule has 0 rings (SSSR count). The number of hydrogen-bond acceptors (Lipinski definition) is 3. The molecule has 6 heteroatoms. The summed E-state index contributed by atoms with van der Waals surface area (Å²) in [6.45, 7) is 0. The minimum absolute atomic E-state index is 0. The van der Waals surface area contributed by atoms with Crippen LogP contribution in [0.2, 0.25) is 0 Å². The van der Waals surface area contributed by atoms with Crippen molar-refractivity contribution in [3.8, 4) is 0 Å². The second-order valence-corrected chi connectivity index (χ2v) is 3.50. The summed E-state index contributed by atoms with van der Waals surface area (Å²) in [5.41, 5.74) is 0. The van der Waals surface area contributed by atoms with Crippen LogP contribution >= 0.6 is 0 Å². The first-order chi connectivity index (χ1) is 2.56. The van der Waals surface area contributed by atoms with Crippen molar-refractivity contribution in [2.24, 2.45) is 0 Å². The van der Waals surface area contributed by atoms with Crippen molar-refractivity contribution in [2.75, 3.05) is 7.11 Å². The molecule has 0 radical (unpaired) electrons. The fourth-order valence-electron chi connectivity index (χ4n) is 0. The van der Waals surface area contributed by atoms with Crippen molar-refractivity contribution in [3.05, 3.63) is 0 Å². The molecule has 0 saturated carbocycles. The summed E-state index contributed by atoms with van der Waals surface area (Å²) in [6, 6.07) is 0. The van der Waals surface area contributed by atoms with E-state index in [4.69, 9.17) is 8.19 Å². The maximum atomic E-state index is 9.53. The fourth-order valence-corrected chi connectivity index (χ4v) is 0. The first kappa shape index (κ1) is 10.2. The van der Waals surface area contributed by atoms with Crippen LogP contribution in [0, 0.1) is 0 Å². The molecule has 46 valence electrons. The zero-order valence-electron chi connectivity index (χ0n) is 3.87. The average molecular weight is 173 g/mol. The molecule has 0 heterocycles. The molecular weight excluding hydrogens is 165 g/mol. The summed E-state index contributed by atoms with van der Waals surface area (Å²) < 4.78 is 28.8. The molecule has 0 unspecified atom stereocenters. The van der Waals surface area contributed by atoms with Crippen LogP contribution in [0.1, 0.15) is 0 Å². The van der Waals surface area contributed by atoms with E-state index in [1.165, 1.54) is 0 Å². The van der Waals surface area contributed by atoms with E-state index in [9.17, 15) is 3.74 Å². The van der Waals surface area contributed by atoms with Gasteiger partial charge in [-0.1, -0.05) is 0 Å². The van der Waals surface area contributed by atoms with Gasteiger partial charge in [0.05, 0.1) is 0 Å². The van der Waals surface area contributed by atoms with Crippen LogP contribution in [-0.4, -0.2) is 29.8 Å². The summed E-state index contributed by atoms with van der Waals surface area (Å²) in [7, 11) is 0.972. The number of hydrogen-bond donors (Lipinski definition) is 3. The Morgan fingerprint density at radius 3 is 1.71 bits per heavy atom. The zero-order chi connectivity index (χ0) is 5.21. The first-order valence-corrected chi connectivity index (χ1v) is 4.38. The second-order valence-electron chi connectivity index (χ2n) is 0.673. The van der Waals surface area contributed by atoms with Crippen LogP contribution in [0.5, 0.6) is 0 Å². The predicted molar refractivity (Wildman–Crippen MR) is 22.9 cm³/mol. The molecule has 0 saturated heterocycles. The van der Waals surface area contributed by atoms with Crippen LogP contribution in [0.3, 0.4) is 0 Å². The van der Waals surface area contributed by atoms with Gasteiger partial charge in [-0.2, -0.15) is 0 Å². The molecular formula is CH8AsNO4. The van der Waals surface area contributed by atoms with Crippen molar-refractivity contribution >= 4 is 14.5 Å². The van der Waals surface area contributed by atoms with Crippen molar-refractivity contribution in [3.63, 3.8) is 0 Å². The van der Waals surface area contributed by atoms with Gasteiger partial charge in [0.1, 0.15) is 0 Å². The minimum Gasteiger partial charge on any atom is -0.344 e. The number of rotatable bonds is 1. The van der Waals surface area contributed by atoms with Gasteiger partial charge in [-0.25, -0.2) is 0 Å². The van der Waals surface area contributed by atoms with Gasteiger partial charge in [-0.3, -0.25) is 0 Å². The van der Waals surface area contributed by atoms with Gasteiger partial charge in [-0.15, -0.1) is 0 Å². The van der Waals surface area contributed by atoms with Gasteiger partial charge in [0.15, 0.2) is 0 Å². The summed E-state index contributed by atoms with van der Waals surface area (Å²) in [5.74, 6) is 0. The molecule has 5 nitrogen and oxygen atoms in total. The van der Waals surface area contributed by atoms with Gasteiger partial charge in [-0.05, 0) is 0 Å². The van der Waals surface area contributed by atoms with E-state index in [1.807, 2.05) is 0 Å². The van der Waals surface area contributed by atoms with Gasteiger partial charge < -0.3 is 6.15 Å². The standard InChI is InChI=1S/CH5AsO4.H3N/c1-6-2(3,4)5;/h1H3,(H2,3,4,5);1H3. The van der Waals surface area contributed by atoms with E-state index in [1.54, 1.807) is 0 Å². The van der Waals surface area contributed by atoms with Crippen LogP contribution in [0.15, 0.2) is 0 Å². The van der Waals surface area contributed by atoms with E-state index in [2.05, 4.69) is 3.73 Å². The maximum Gasteiger partial charge on any atom is -0.344 e. The van der Waals surface area contributed by atoms with Gasteiger partial charge in [0.2, 0.25) is 0 Å². The summed E-state index contributed by atoms with van der Waals surface area (Å²) in [6.07, 6.45) is 0. The van der Waals surface area contributed by atoms with E-state index >= 15 is 0 Å². The van der Waals surface area contributed by atoms with Crippen molar-refractivity contribution < 1.29 is 15.7 Å². The fraction of sp³-hybridized carbons (Fsp3) is 1.00. The Labute approximate surface area is 44.2 Å². The van der Waals surface area contributed by atoms with Crippen molar-refractivity contribution in [2.45, 2.75) is 0 Å². The Bertz CT molecular complexity index is 75.8. The molecule has 0 aromatic rings. The molecule has 0 amide bonds. The molecule has 0 fully saturated rings. The van der Waals surface area contributed by atoms with Crippen molar-refractivity contribution in [1.29, 1.82) is 0 Å². The van der Waals surface area contributed by atoms with Crippen LogP contribution in [0.25, 0.3) is 0 Å². The summed E-state index contributed by atoms with van der Waals surface area (Å²) in [5, 5.41) is 0. The Morgan fingerprint density at radius 1 is 1.57 bits per heavy atom. The SMILES string of the molecule is CO[As](=O)(O)O.N. The third-order valence-corrected chi connectivity index (χ3v) is 1.24. The molecule has 0 atom stereocenters. The van der Waals surface area contributed by atoms with Crippen molar-refractivity contribution in [1.82, 2.24) is 6.15 Å². The van der Waals surface area contributed by atoms with Gasteiger partial charge >= 0.3 is 37.3 Å². The average Bonchev–Trinajstić information content (AvgIpc) is 1.35. The van der Waals surface area contributed by atoms with E-state index in [0.29, 0.717) is 0 Å². The van der Waals surface area contributed by atoms with Crippen LogP contribution < -0.4 is 6.15 Å². The van der Waals surface area contributed by atoms with Crippen LogP contribution in [-0.2, 0) is 7.47 Å². The van der Waals surface area contributed by atoms with E-state index in [-0.39, 0.29) is 6.15 Å². The Morgan fingerprint density at radius 2 is 1.71 bits per heavy atom.